The standard InChI is InChI=1S/C13H18N4S/c14-9-13(4-2-1-3-5-13)8-10-17-11-12(18-10)16-7-6-15-11/h6-7H,1-5,8-9,14H2. The molecule has 0 radical (unpaired) electrons. The second kappa shape index (κ2) is 4.90. The molecule has 0 aliphatic heterocycles. The van der Waals surface area contributed by atoms with E-state index >= 15 is 0 Å². The Hall–Kier alpha value is -1.07. The van der Waals surface area contributed by atoms with Crippen molar-refractivity contribution in [3.63, 3.8) is 0 Å². The molecular formula is C13H18N4S. The van der Waals surface area contributed by atoms with Crippen molar-refractivity contribution in [2.75, 3.05) is 6.54 Å². The van der Waals surface area contributed by atoms with Crippen LogP contribution in [-0.2, 0) is 6.42 Å². The topological polar surface area (TPSA) is 64.7 Å². The molecule has 1 aliphatic rings. The van der Waals surface area contributed by atoms with Crippen LogP contribution in [0.5, 0.6) is 0 Å². The van der Waals surface area contributed by atoms with Crippen molar-refractivity contribution in [3.05, 3.63) is 17.4 Å². The molecule has 4 nitrogen and oxygen atoms in total. The first-order valence-corrected chi connectivity index (χ1v) is 7.39. The predicted molar refractivity (Wildman–Crippen MR) is 73.5 cm³/mol. The average molecular weight is 262 g/mol. The van der Waals surface area contributed by atoms with Gasteiger partial charge in [-0.15, -0.1) is 0 Å². The number of fused-ring (bicyclic) bond motifs is 1. The van der Waals surface area contributed by atoms with Crippen molar-refractivity contribution in [1.29, 1.82) is 0 Å². The molecule has 5 heteroatoms. The van der Waals surface area contributed by atoms with Gasteiger partial charge < -0.3 is 5.73 Å². The molecule has 2 heterocycles. The van der Waals surface area contributed by atoms with Gasteiger partial charge in [0.15, 0.2) is 10.5 Å². The molecule has 0 atom stereocenters. The molecule has 0 unspecified atom stereocenters. The zero-order chi connectivity index (χ0) is 12.4. The van der Waals surface area contributed by atoms with Crippen LogP contribution in [0, 0.1) is 5.41 Å². The van der Waals surface area contributed by atoms with Gasteiger partial charge in [0.1, 0.15) is 0 Å². The molecule has 2 aromatic heterocycles. The maximum Gasteiger partial charge on any atom is 0.189 e. The van der Waals surface area contributed by atoms with Crippen molar-refractivity contribution in [2.45, 2.75) is 38.5 Å². The second-order valence-corrected chi connectivity index (χ2v) is 6.30. The lowest BCUT2D eigenvalue weighted by atomic mass is 9.72. The Morgan fingerprint density at radius 1 is 1.17 bits per heavy atom. The van der Waals surface area contributed by atoms with Crippen LogP contribution < -0.4 is 5.73 Å². The van der Waals surface area contributed by atoms with Crippen LogP contribution in [0.3, 0.4) is 0 Å². The average Bonchev–Trinajstić information content (AvgIpc) is 2.81. The lowest BCUT2D eigenvalue weighted by Gasteiger charge is -2.35. The normalized spacial score (nSPS) is 19.2. The number of nitrogens with zero attached hydrogens (tertiary/aromatic N) is 3. The van der Waals surface area contributed by atoms with Gasteiger partial charge in [-0.2, -0.15) is 0 Å². The number of hydrogen-bond donors (Lipinski definition) is 1. The molecule has 1 fully saturated rings. The summed E-state index contributed by atoms with van der Waals surface area (Å²) in [6, 6.07) is 0. The first kappa shape index (κ1) is 12.0. The van der Waals surface area contributed by atoms with E-state index in [0.717, 1.165) is 28.5 Å². The minimum Gasteiger partial charge on any atom is -0.330 e. The van der Waals surface area contributed by atoms with Crippen molar-refractivity contribution >= 4 is 21.8 Å². The molecule has 1 saturated carbocycles. The highest BCUT2D eigenvalue weighted by molar-refractivity contribution is 7.18. The first-order chi connectivity index (χ1) is 8.81. The third kappa shape index (κ3) is 2.24. The van der Waals surface area contributed by atoms with Crippen LogP contribution in [0.4, 0.5) is 0 Å². The van der Waals surface area contributed by atoms with E-state index in [-0.39, 0.29) is 5.41 Å². The second-order valence-electron chi connectivity index (χ2n) is 5.23. The van der Waals surface area contributed by atoms with Gasteiger partial charge >= 0.3 is 0 Å². The van der Waals surface area contributed by atoms with E-state index in [1.165, 1.54) is 32.1 Å². The number of hydrogen-bond acceptors (Lipinski definition) is 5. The third-order valence-corrected chi connectivity index (χ3v) is 4.92. The number of aromatic nitrogens is 3. The first-order valence-electron chi connectivity index (χ1n) is 6.58. The molecule has 0 amide bonds. The maximum absolute atomic E-state index is 6.03. The maximum atomic E-state index is 6.03. The monoisotopic (exact) mass is 262 g/mol. The van der Waals surface area contributed by atoms with E-state index in [2.05, 4.69) is 15.0 Å². The van der Waals surface area contributed by atoms with Gasteiger partial charge in [-0.25, -0.2) is 15.0 Å². The summed E-state index contributed by atoms with van der Waals surface area (Å²) in [5.74, 6) is 0. The van der Waals surface area contributed by atoms with Gasteiger partial charge in [0.2, 0.25) is 0 Å². The van der Waals surface area contributed by atoms with E-state index in [0.29, 0.717) is 0 Å². The highest BCUT2D eigenvalue weighted by Gasteiger charge is 2.32. The Morgan fingerprint density at radius 2 is 1.94 bits per heavy atom. The van der Waals surface area contributed by atoms with E-state index in [1.807, 2.05) is 0 Å². The van der Waals surface area contributed by atoms with Crippen LogP contribution in [0.25, 0.3) is 10.5 Å². The fourth-order valence-electron chi connectivity index (χ4n) is 2.87. The Labute approximate surface area is 111 Å². The Balaban J connectivity index is 1.85. The Morgan fingerprint density at radius 3 is 2.67 bits per heavy atom. The van der Waals surface area contributed by atoms with E-state index in [4.69, 9.17) is 5.73 Å². The van der Waals surface area contributed by atoms with Crippen molar-refractivity contribution in [3.8, 4) is 0 Å². The minimum atomic E-state index is 0.270. The molecular weight excluding hydrogens is 244 g/mol. The molecule has 96 valence electrons. The van der Waals surface area contributed by atoms with Gasteiger partial charge in [0.25, 0.3) is 0 Å². The van der Waals surface area contributed by atoms with Crippen molar-refractivity contribution in [1.82, 2.24) is 15.0 Å². The minimum absolute atomic E-state index is 0.270. The van der Waals surface area contributed by atoms with Crippen LogP contribution in [-0.4, -0.2) is 21.5 Å². The summed E-state index contributed by atoms with van der Waals surface area (Å²) >= 11 is 1.66. The zero-order valence-electron chi connectivity index (χ0n) is 10.4. The number of nitrogens with two attached hydrogens (primary N) is 1. The van der Waals surface area contributed by atoms with Crippen molar-refractivity contribution < 1.29 is 0 Å². The van der Waals surface area contributed by atoms with E-state index in [9.17, 15) is 0 Å². The van der Waals surface area contributed by atoms with Gasteiger partial charge in [-0.05, 0) is 24.8 Å². The summed E-state index contributed by atoms with van der Waals surface area (Å²) in [5, 5.41) is 1.14. The quantitative estimate of drug-likeness (QED) is 0.923. The molecule has 18 heavy (non-hydrogen) atoms. The summed E-state index contributed by atoms with van der Waals surface area (Å²) in [6.07, 6.45) is 10.9. The summed E-state index contributed by atoms with van der Waals surface area (Å²) in [6.45, 7) is 0.768. The highest BCUT2D eigenvalue weighted by atomic mass is 32.1. The number of rotatable bonds is 3. The third-order valence-electron chi connectivity index (χ3n) is 3.97. The lowest BCUT2D eigenvalue weighted by molar-refractivity contribution is 0.197. The largest absolute Gasteiger partial charge is 0.330 e. The molecule has 2 N–H and O–H groups in total. The molecule has 2 aromatic rings. The SMILES string of the molecule is NCC1(Cc2nc3nccnc3s2)CCCCC1. The van der Waals surface area contributed by atoms with Gasteiger partial charge in [0.05, 0.1) is 5.01 Å². The molecule has 0 spiro atoms. The van der Waals surface area contributed by atoms with Crippen molar-refractivity contribution in [2.24, 2.45) is 11.1 Å². The van der Waals surface area contributed by atoms with Crippen LogP contribution in [0.15, 0.2) is 12.4 Å². The van der Waals surface area contributed by atoms with Gasteiger partial charge in [0, 0.05) is 18.8 Å². The van der Waals surface area contributed by atoms with Crippen LogP contribution >= 0.6 is 11.3 Å². The smallest absolute Gasteiger partial charge is 0.189 e. The summed E-state index contributed by atoms with van der Waals surface area (Å²) < 4.78 is 0. The molecule has 0 aromatic carbocycles. The van der Waals surface area contributed by atoms with E-state index in [1.54, 1.807) is 23.7 Å². The molecule has 3 rings (SSSR count). The predicted octanol–water partition coefficient (Wildman–Crippen LogP) is 2.54. The molecule has 0 bridgehead atoms. The summed E-state index contributed by atoms with van der Waals surface area (Å²) in [7, 11) is 0. The fourth-order valence-corrected chi connectivity index (χ4v) is 3.91. The zero-order valence-corrected chi connectivity index (χ0v) is 11.2. The summed E-state index contributed by atoms with van der Waals surface area (Å²) in [5.41, 5.74) is 7.07. The van der Waals surface area contributed by atoms with Crippen LogP contribution in [0.2, 0.25) is 0 Å². The van der Waals surface area contributed by atoms with Gasteiger partial charge in [-0.1, -0.05) is 30.6 Å². The fraction of sp³-hybridized carbons (Fsp3) is 0.615. The van der Waals surface area contributed by atoms with Gasteiger partial charge in [-0.3, -0.25) is 0 Å². The lowest BCUT2D eigenvalue weighted by Crippen LogP contribution is -2.34. The summed E-state index contributed by atoms with van der Waals surface area (Å²) in [4.78, 5) is 14.1. The highest BCUT2D eigenvalue weighted by Crippen LogP contribution is 2.39. The van der Waals surface area contributed by atoms with Crippen LogP contribution in [0.1, 0.15) is 37.1 Å². The molecule has 1 aliphatic carbocycles. The number of thiazole rings is 1. The Kier molecular flexibility index (Phi) is 3.26. The van der Waals surface area contributed by atoms with E-state index < -0.39 is 0 Å². The molecule has 0 saturated heterocycles. The Bertz CT molecular complexity index is 498.